The van der Waals surface area contributed by atoms with Crippen molar-refractivity contribution < 1.29 is 9.53 Å². The maximum Gasteiger partial charge on any atom is 0.254 e. The molecule has 0 radical (unpaired) electrons. The van der Waals surface area contributed by atoms with Crippen molar-refractivity contribution in [3.8, 4) is 5.75 Å². The van der Waals surface area contributed by atoms with Crippen molar-refractivity contribution in [2.24, 2.45) is 0 Å². The number of anilines is 1. The number of nitrogens with one attached hydrogen (secondary N) is 1. The van der Waals surface area contributed by atoms with Crippen LogP contribution in [-0.2, 0) is 6.54 Å². The first kappa shape index (κ1) is 16.8. The number of carbonyl (C=O) groups excluding carboxylic acids is 1. The van der Waals surface area contributed by atoms with Gasteiger partial charge in [-0.05, 0) is 32.0 Å². The van der Waals surface area contributed by atoms with Gasteiger partial charge in [-0.1, -0.05) is 18.2 Å². The molecule has 23 heavy (non-hydrogen) atoms. The van der Waals surface area contributed by atoms with Crippen LogP contribution in [0.5, 0.6) is 5.75 Å². The number of carbonyl (C=O) groups is 1. The number of para-hydroxylation sites is 1. The van der Waals surface area contributed by atoms with E-state index >= 15 is 0 Å². The number of benzene rings is 1. The molecule has 0 aliphatic rings. The van der Waals surface area contributed by atoms with E-state index in [2.05, 4.69) is 10.3 Å². The lowest BCUT2D eigenvalue weighted by Gasteiger charge is -2.19. The number of hydrogen-bond donors (Lipinski definition) is 1. The molecule has 0 unspecified atom stereocenters. The Kier molecular flexibility index (Phi) is 5.97. The quantitative estimate of drug-likeness (QED) is 0.853. The first-order valence-corrected chi connectivity index (χ1v) is 7.80. The summed E-state index contributed by atoms with van der Waals surface area (Å²) in [5.74, 6) is 1.53. The molecule has 5 heteroatoms. The van der Waals surface area contributed by atoms with Gasteiger partial charge in [-0.25, -0.2) is 4.98 Å². The number of methoxy groups -OCH3 is 1. The van der Waals surface area contributed by atoms with E-state index in [1.165, 1.54) is 0 Å². The minimum absolute atomic E-state index is 0.0257. The lowest BCUT2D eigenvalue weighted by molar-refractivity contribution is 0.0773. The Balaban J connectivity index is 2.10. The molecular weight excluding hydrogens is 290 g/mol. The van der Waals surface area contributed by atoms with Crippen LogP contribution < -0.4 is 10.1 Å². The Morgan fingerprint density at radius 3 is 2.65 bits per heavy atom. The smallest absolute Gasteiger partial charge is 0.254 e. The maximum atomic E-state index is 12.4. The maximum absolute atomic E-state index is 12.4. The second-order valence-corrected chi connectivity index (χ2v) is 5.07. The number of aromatic nitrogens is 1. The summed E-state index contributed by atoms with van der Waals surface area (Å²) in [5.41, 5.74) is 1.68. The summed E-state index contributed by atoms with van der Waals surface area (Å²) >= 11 is 0. The number of amides is 1. The first-order chi connectivity index (χ1) is 11.2. The largest absolute Gasteiger partial charge is 0.496 e. The normalized spacial score (nSPS) is 10.2. The standard InChI is InChI=1S/C18H23N3O2/c1-4-21(5-2)18(22)14-10-11-19-17(12-14)20-13-15-8-6-7-9-16(15)23-3/h6-12H,4-5,13H2,1-3H3,(H,19,20). The van der Waals surface area contributed by atoms with Gasteiger partial charge in [-0.3, -0.25) is 4.79 Å². The number of pyridine rings is 1. The van der Waals surface area contributed by atoms with E-state index in [9.17, 15) is 4.79 Å². The second-order valence-electron chi connectivity index (χ2n) is 5.07. The zero-order chi connectivity index (χ0) is 16.7. The summed E-state index contributed by atoms with van der Waals surface area (Å²) < 4.78 is 5.34. The first-order valence-electron chi connectivity index (χ1n) is 7.80. The third-order valence-electron chi connectivity index (χ3n) is 3.71. The topological polar surface area (TPSA) is 54.5 Å². The van der Waals surface area contributed by atoms with Gasteiger partial charge < -0.3 is 15.0 Å². The highest BCUT2D eigenvalue weighted by Crippen LogP contribution is 2.19. The molecule has 0 atom stereocenters. The van der Waals surface area contributed by atoms with Gasteiger partial charge in [0.2, 0.25) is 0 Å². The van der Waals surface area contributed by atoms with Crippen LogP contribution >= 0.6 is 0 Å². The predicted octanol–water partition coefficient (Wildman–Crippen LogP) is 3.18. The summed E-state index contributed by atoms with van der Waals surface area (Å²) in [4.78, 5) is 18.5. The number of rotatable bonds is 7. The van der Waals surface area contributed by atoms with Gasteiger partial charge in [-0.2, -0.15) is 0 Å². The average molecular weight is 313 g/mol. The highest BCUT2D eigenvalue weighted by molar-refractivity contribution is 5.94. The van der Waals surface area contributed by atoms with E-state index in [1.54, 1.807) is 30.3 Å². The van der Waals surface area contributed by atoms with Gasteiger partial charge >= 0.3 is 0 Å². The third-order valence-corrected chi connectivity index (χ3v) is 3.71. The van der Waals surface area contributed by atoms with E-state index < -0.39 is 0 Å². The second kappa shape index (κ2) is 8.17. The van der Waals surface area contributed by atoms with Crippen LogP contribution in [0.2, 0.25) is 0 Å². The van der Waals surface area contributed by atoms with Gasteiger partial charge in [0.1, 0.15) is 11.6 Å². The number of nitrogens with zero attached hydrogens (tertiary/aromatic N) is 2. The van der Waals surface area contributed by atoms with Crippen LogP contribution in [0.3, 0.4) is 0 Å². The highest BCUT2D eigenvalue weighted by atomic mass is 16.5. The minimum Gasteiger partial charge on any atom is -0.496 e. The molecule has 0 spiro atoms. The molecule has 1 N–H and O–H groups in total. The molecule has 0 fully saturated rings. The molecule has 1 aromatic heterocycles. The molecule has 122 valence electrons. The lowest BCUT2D eigenvalue weighted by Crippen LogP contribution is -2.30. The molecule has 0 bridgehead atoms. The van der Waals surface area contributed by atoms with E-state index in [0.717, 1.165) is 11.3 Å². The number of ether oxygens (including phenoxy) is 1. The molecule has 1 aromatic carbocycles. The Labute approximate surface area is 137 Å². The van der Waals surface area contributed by atoms with Crippen LogP contribution in [0, 0.1) is 0 Å². The van der Waals surface area contributed by atoms with Crippen molar-refractivity contribution in [3.63, 3.8) is 0 Å². The molecule has 5 nitrogen and oxygen atoms in total. The summed E-state index contributed by atoms with van der Waals surface area (Å²) in [7, 11) is 1.65. The molecule has 1 amide bonds. The molecular formula is C18H23N3O2. The lowest BCUT2D eigenvalue weighted by atomic mass is 10.2. The van der Waals surface area contributed by atoms with Crippen LogP contribution in [0.4, 0.5) is 5.82 Å². The molecule has 2 rings (SSSR count). The summed E-state index contributed by atoms with van der Waals surface area (Å²) in [6.07, 6.45) is 1.65. The fourth-order valence-corrected chi connectivity index (χ4v) is 2.39. The van der Waals surface area contributed by atoms with Gasteiger partial charge in [0, 0.05) is 37.0 Å². The van der Waals surface area contributed by atoms with E-state index in [1.807, 2.05) is 38.1 Å². The Morgan fingerprint density at radius 2 is 1.96 bits per heavy atom. The van der Waals surface area contributed by atoms with Crippen LogP contribution in [0.25, 0.3) is 0 Å². The third kappa shape index (κ3) is 4.22. The summed E-state index contributed by atoms with van der Waals surface area (Å²) in [5, 5.41) is 3.24. The molecule has 0 aliphatic heterocycles. The van der Waals surface area contributed by atoms with Gasteiger partial charge in [0.15, 0.2) is 0 Å². The van der Waals surface area contributed by atoms with Crippen molar-refractivity contribution in [3.05, 3.63) is 53.7 Å². The van der Waals surface area contributed by atoms with Gasteiger partial charge in [0.25, 0.3) is 5.91 Å². The van der Waals surface area contributed by atoms with E-state index in [-0.39, 0.29) is 5.91 Å². The highest BCUT2D eigenvalue weighted by Gasteiger charge is 2.13. The Hall–Kier alpha value is -2.56. The minimum atomic E-state index is 0.0257. The zero-order valence-corrected chi connectivity index (χ0v) is 13.9. The average Bonchev–Trinajstić information content (AvgIpc) is 2.61. The molecule has 0 saturated carbocycles. The van der Waals surface area contributed by atoms with Gasteiger partial charge in [-0.15, -0.1) is 0 Å². The summed E-state index contributed by atoms with van der Waals surface area (Å²) in [6.45, 7) is 5.93. The van der Waals surface area contributed by atoms with Crippen LogP contribution in [0.15, 0.2) is 42.6 Å². The van der Waals surface area contributed by atoms with Crippen molar-refractivity contribution in [2.45, 2.75) is 20.4 Å². The molecule has 2 aromatic rings. The Morgan fingerprint density at radius 1 is 1.22 bits per heavy atom. The zero-order valence-electron chi connectivity index (χ0n) is 13.9. The fraction of sp³-hybridized carbons (Fsp3) is 0.333. The Bertz CT molecular complexity index is 654. The van der Waals surface area contributed by atoms with Crippen molar-refractivity contribution in [1.82, 2.24) is 9.88 Å². The fourth-order valence-electron chi connectivity index (χ4n) is 2.39. The molecule has 1 heterocycles. The van der Waals surface area contributed by atoms with Crippen molar-refractivity contribution in [2.75, 3.05) is 25.5 Å². The SMILES string of the molecule is CCN(CC)C(=O)c1ccnc(NCc2ccccc2OC)c1. The van der Waals surface area contributed by atoms with Crippen molar-refractivity contribution in [1.29, 1.82) is 0 Å². The number of hydrogen-bond acceptors (Lipinski definition) is 4. The van der Waals surface area contributed by atoms with E-state index in [4.69, 9.17) is 4.74 Å². The monoisotopic (exact) mass is 313 g/mol. The van der Waals surface area contributed by atoms with Gasteiger partial charge in [0.05, 0.1) is 7.11 Å². The van der Waals surface area contributed by atoms with Crippen LogP contribution in [-0.4, -0.2) is 36.0 Å². The molecule has 0 saturated heterocycles. The van der Waals surface area contributed by atoms with E-state index in [0.29, 0.717) is 31.0 Å². The van der Waals surface area contributed by atoms with Crippen LogP contribution in [0.1, 0.15) is 29.8 Å². The molecule has 0 aliphatic carbocycles. The summed E-state index contributed by atoms with van der Waals surface area (Å²) in [6, 6.07) is 11.4. The predicted molar refractivity (Wildman–Crippen MR) is 91.8 cm³/mol. The van der Waals surface area contributed by atoms with Crippen molar-refractivity contribution >= 4 is 11.7 Å².